The summed E-state index contributed by atoms with van der Waals surface area (Å²) in [7, 11) is -1.16. The Morgan fingerprint density at radius 2 is 1.85 bits per heavy atom. The minimum atomic E-state index is -4.15. The van der Waals surface area contributed by atoms with Crippen LogP contribution < -0.4 is 14.2 Å². The third-order valence-electron chi connectivity index (χ3n) is 5.96. The molecular formula is C24H31ClN6O7S. The normalized spacial score (nSPS) is 17.4. The van der Waals surface area contributed by atoms with Crippen LogP contribution in [0.2, 0.25) is 5.02 Å². The molecule has 15 heteroatoms. The van der Waals surface area contributed by atoms with Gasteiger partial charge >= 0.3 is 0 Å². The first kappa shape index (κ1) is 29.0. The summed E-state index contributed by atoms with van der Waals surface area (Å²) in [5.74, 6) is 1.20. The number of methoxy groups -OCH3 is 2. The topological polar surface area (TPSA) is 149 Å². The maximum atomic E-state index is 13.8. The van der Waals surface area contributed by atoms with Gasteiger partial charge in [-0.15, -0.1) is 10.2 Å². The van der Waals surface area contributed by atoms with Gasteiger partial charge in [0.2, 0.25) is 16.0 Å². The highest BCUT2D eigenvalue weighted by atomic mass is 35.5. The van der Waals surface area contributed by atoms with Gasteiger partial charge in [-0.2, -0.15) is 0 Å². The highest BCUT2D eigenvalue weighted by Crippen LogP contribution is 2.38. The molecule has 4 rings (SSSR count). The van der Waals surface area contributed by atoms with Gasteiger partial charge in [-0.3, -0.25) is 9.29 Å². The second-order valence-electron chi connectivity index (χ2n) is 8.57. The van der Waals surface area contributed by atoms with Gasteiger partial charge in [0.15, 0.2) is 11.6 Å². The zero-order valence-corrected chi connectivity index (χ0v) is 23.6. The quantitative estimate of drug-likeness (QED) is 0.335. The van der Waals surface area contributed by atoms with Crippen molar-refractivity contribution in [3.05, 3.63) is 47.3 Å². The number of aromatic nitrogens is 5. The van der Waals surface area contributed by atoms with E-state index in [0.717, 1.165) is 0 Å². The lowest BCUT2D eigenvalue weighted by molar-refractivity contribution is -0.0941. The summed E-state index contributed by atoms with van der Waals surface area (Å²) < 4.78 is 60.1. The van der Waals surface area contributed by atoms with Crippen LogP contribution in [0.1, 0.15) is 44.1 Å². The fourth-order valence-electron chi connectivity index (χ4n) is 4.00. The van der Waals surface area contributed by atoms with Crippen molar-refractivity contribution in [1.29, 1.82) is 0 Å². The Labute approximate surface area is 231 Å². The summed E-state index contributed by atoms with van der Waals surface area (Å²) in [4.78, 5) is 8.38. The lowest BCUT2D eigenvalue weighted by atomic mass is 10.2. The Kier molecular flexibility index (Phi) is 9.56. The SMILES string of the molecule is CCCO[C@@H](c1ncc(Cl)cn1)[C@H](C)S(=O)(=O)Nc1nnc([C@@H]2COCCO2)n1-c1c(OC)cccc1OC. The molecule has 0 unspecified atom stereocenters. The van der Waals surface area contributed by atoms with Gasteiger partial charge in [-0.25, -0.2) is 18.4 Å². The maximum Gasteiger partial charge on any atom is 0.243 e. The fraction of sp³-hybridized carbons (Fsp3) is 0.500. The van der Waals surface area contributed by atoms with Gasteiger partial charge in [0.25, 0.3) is 0 Å². The third-order valence-corrected chi connectivity index (χ3v) is 7.85. The molecule has 3 heterocycles. The second-order valence-corrected chi connectivity index (χ2v) is 11.0. The second kappa shape index (κ2) is 12.9. The van der Waals surface area contributed by atoms with Crippen molar-refractivity contribution in [2.24, 2.45) is 0 Å². The Morgan fingerprint density at radius 3 is 2.44 bits per heavy atom. The minimum absolute atomic E-state index is 0.0971. The summed E-state index contributed by atoms with van der Waals surface area (Å²) >= 11 is 5.93. The van der Waals surface area contributed by atoms with Crippen molar-refractivity contribution < 1.29 is 32.1 Å². The average molecular weight is 583 g/mol. The Bertz CT molecular complexity index is 1330. The molecule has 13 nitrogen and oxygen atoms in total. The molecule has 1 aromatic carbocycles. The van der Waals surface area contributed by atoms with Crippen molar-refractivity contribution in [1.82, 2.24) is 24.7 Å². The Balaban J connectivity index is 1.77. The average Bonchev–Trinajstić information content (AvgIpc) is 3.36. The van der Waals surface area contributed by atoms with Crippen LogP contribution >= 0.6 is 11.6 Å². The summed E-state index contributed by atoms with van der Waals surface area (Å²) in [6, 6.07) is 5.18. The highest BCUT2D eigenvalue weighted by molar-refractivity contribution is 7.93. The van der Waals surface area contributed by atoms with E-state index in [4.69, 9.17) is 35.3 Å². The van der Waals surface area contributed by atoms with E-state index >= 15 is 0 Å². The number of anilines is 1. The number of halogens is 1. The number of hydrogen-bond acceptors (Lipinski definition) is 11. The van der Waals surface area contributed by atoms with Crippen LogP contribution in [0.25, 0.3) is 5.69 Å². The van der Waals surface area contributed by atoms with E-state index in [-0.39, 0.29) is 18.4 Å². The van der Waals surface area contributed by atoms with Crippen molar-refractivity contribution in [3.63, 3.8) is 0 Å². The van der Waals surface area contributed by atoms with E-state index in [1.165, 1.54) is 38.1 Å². The maximum absolute atomic E-state index is 13.8. The predicted octanol–water partition coefficient (Wildman–Crippen LogP) is 3.11. The van der Waals surface area contributed by atoms with E-state index in [0.29, 0.717) is 54.3 Å². The van der Waals surface area contributed by atoms with Crippen LogP contribution in [0.4, 0.5) is 5.95 Å². The Morgan fingerprint density at radius 1 is 1.15 bits per heavy atom. The number of rotatable bonds is 12. The summed E-state index contributed by atoms with van der Waals surface area (Å²) in [6.45, 7) is 4.71. The van der Waals surface area contributed by atoms with Gasteiger partial charge in [-0.05, 0) is 25.5 Å². The van der Waals surface area contributed by atoms with E-state index in [1.54, 1.807) is 18.2 Å². The van der Waals surface area contributed by atoms with Gasteiger partial charge in [0.1, 0.15) is 34.6 Å². The molecular weight excluding hydrogens is 552 g/mol. The zero-order valence-electron chi connectivity index (χ0n) is 22.0. The number of nitrogens with zero attached hydrogens (tertiary/aromatic N) is 5. The first-order valence-electron chi connectivity index (χ1n) is 12.3. The van der Waals surface area contributed by atoms with Gasteiger partial charge < -0.3 is 23.7 Å². The van der Waals surface area contributed by atoms with Crippen molar-refractivity contribution in [3.8, 4) is 17.2 Å². The molecule has 1 fully saturated rings. The molecule has 0 aliphatic carbocycles. The van der Waals surface area contributed by atoms with Gasteiger partial charge in [0, 0.05) is 19.0 Å². The van der Waals surface area contributed by atoms with Crippen LogP contribution in [0, 0.1) is 0 Å². The molecule has 2 aromatic heterocycles. The van der Waals surface area contributed by atoms with Crippen molar-refractivity contribution in [2.45, 2.75) is 37.7 Å². The monoisotopic (exact) mass is 582 g/mol. The molecule has 0 saturated carbocycles. The van der Waals surface area contributed by atoms with E-state index in [9.17, 15) is 8.42 Å². The number of ether oxygens (including phenoxy) is 5. The number of nitrogens with one attached hydrogen (secondary N) is 1. The molecule has 0 amide bonds. The number of sulfonamides is 1. The van der Waals surface area contributed by atoms with Crippen LogP contribution in [-0.4, -0.2) is 79.0 Å². The summed E-state index contributed by atoms with van der Waals surface area (Å²) in [5.41, 5.74) is 0.391. The first-order chi connectivity index (χ1) is 18.8. The van der Waals surface area contributed by atoms with Crippen LogP contribution in [-0.2, 0) is 24.2 Å². The molecule has 1 aliphatic heterocycles. The molecule has 1 aliphatic rings. The van der Waals surface area contributed by atoms with Gasteiger partial charge in [0.05, 0.1) is 39.1 Å². The molecule has 39 heavy (non-hydrogen) atoms. The standard InChI is InChI=1S/C24H31ClN6O7S/c1-5-9-38-21(22-26-12-16(25)13-27-22)15(2)39(32,33)30-24-29-28-23(19-14-36-10-11-37-19)31(24)20-17(34-3)7-6-8-18(20)35-4/h6-8,12-13,15,19,21H,5,9-11,14H2,1-4H3,(H,29,30)/t15-,19-,21+/m0/s1. The summed E-state index contributed by atoms with van der Waals surface area (Å²) in [5, 5.41) is 7.64. The zero-order chi connectivity index (χ0) is 28.0. The first-order valence-corrected chi connectivity index (χ1v) is 14.2. The summed E-state index contributed by atoms with van der Waals surface area (Å²) in [6.07, 6.45) is 1.86. The van der Waals surface area contributed by atoms with Crippen molar-refractivity contribution >= 4 is 27.6 Å². The molecule has 3 atom stereocenters. The van der Waals surface area contributed by atoms with E-state index < -0.39 is 27.5 Å². The smallest absolute Gasteiger partial charge is 0.243 e. The molecule has 212 valence electrons. The largest absolute Gasteiger partial charge is 0.494 e. The van der Waals surface area contributed by atoms with E-state index in [1.807, 2.05) is 6.92 Å². The predicted molar refractivity (Wildman–Crippen MR) is 142 cm³/mol. The number of para-hydroxylation sites is 1. The molecule has 3 aromatic rings. The number of benzene rings is 1. The minimum Gasteiger partial charge on any atom is -0.494 e. The van der Waals surface area contributed by atoms with Crippen LogP contribution in [0.5, 0.6) is 11.5 Å². The third kappa shape index (κ3) is 6.41. The molecule has 0 radical (unpaired) electrons. The van der Waals surface area contributed by atoms with E-state index in [2.05, 4.69) is 24.9 Å². The number of hydrogen-bond donors (Lipinski definition) is 1. The lowest BCUT2D eigenvalue weighted by Crippen LogP contribution is -2.34. The fourth-order valence-corrected chi connectivity index (χ4v) is 5.19. The molecule has 1 saturated heterocycles. The van der Waals surface area contributed by atoms with Crippen molar-refractivity contribution in [2.75, 3.05) is 45.4 Å². The Hall–Kier alpha value is -3.04. The van der Waals surface area contributed by atoms with Gasteiger partial charge in [-0.1, -0.05) is 24.6 Å². The molecule has 0 bridgehead atoms. The molecule has 1 N–H and O–H groups in total. The van der Waals surface area contributed by atoms with Crippen LogP contribution in [0.3, 0.4) is 0 Å². The van der Waals surface area contributed by atoms with Crippen LogP contribution in [0.15, 0.2) is 30.6 Å². The lowest BCUT2D eigenvalue weighted by Gasteiger charge is -2.25. The molecule has 0 spiro atoms. The highest BCUT2D eigenvalue weighted by Gasteiger charge is 2.36.